The first-order chi connectivity index (χ1) is 15.9. The number of carbonyl (C=O) groups is 1. The molecule has 0 fully saturated rings. The number of carbonyl (C=O) groups excluding carboxylic acids is 1. The van der Waals surface area contributed by atoms with Gasteiger partial charge in [0.05, 0.1) is 11.6 Å². The molecule has 0 radical (unpaired) electrons. The molecule has 1 aromatic heterocycles. The molecular formula is C22H23BClFIN3O3S. The Balaban J connectivity index is 1.73. The molecule has 0 spiro atoms. The van der Waals surface area contributed by atoms with Crippen LogP contribution >= 0.6 is 45.6 Å². The van der Waals surface area contributed by atoms with Crippen LogP contribution in [0.4, 0.5) is 14.9 Å². The van der Waals surface area contributed by atoms with Crippen LogP contribution in [0.5, 0.6) is 5.88 Å². The molecule has 0 aliphatic heterocycles. The number of pyridine rings is 1. The van der Waals surface area contributed by atoms with E-state index < -0.39 is 5.82 Å². The van der Waals surface area contributed by atoms with Crippen LogP contribution in [0.15, 0.2) is 48.7 Å². The van der Waals surface area contributed by atoms with Crippen molar-refractivity contribution in [2.75, 3.05) is 31.3 Å². The van der Waals surface area contributed by atoms with Gasteiger partial charge in [-0.1, -0.05) is 52.2 Å². The molecule has 0 aliphatic rings. The molecule has 3 aromatic rings. The molecule has 0 bridgehead atoms. The predicted octanol–water partition coefficient (Wildman–Crippen LogP) is 6.26. The van der Waals surface area contributed by atoms with Crippen LogP contribution in [0.25, 0.3) is 10.8 Å². The van der Waals surface area contributed by atoms with Crippen LogP contribution in [-0.4, -0.2) is 46.0 Å². The molecule has 0 saturated carbocycles. The molecular weight excluding hydrogens is 578 g/mol. The van der Waals surface area contributed by atoms with Crippen molar-refractivity contribution in [1.29, 1.82) is 0 Å². The van der Waals surface area contributed by atoms with Crippen LogP contribution in [0, 0.1) is 5.82 Å². The van der Waals surface area contributed by atoms with Crippen molar-refractivity contribution >= 4 is 72.1 Å². The van der Waals surface area contributed by atoms with Gasteiger partial charge in [0.1, 0.15) is 5.82 Å². The van der Waals surface area contributed by atoms with Crippen molar-refractivity contribution in [2.45, 2.75) is 13.5 Å². The number of hydrogen-bond donors (Lipinski definition) is 1. The number of urea groups is 1. The van der Waals surface area contributed by atoms with Gasteiger partial charge in [0.15, 0.2) is 0 Å². The number of halogens is 3. The van der Waals surface area contributed by atoms with Gasteiger partial charge < -0.3 is 19.6 Å². The number of hydrogen-bond acceptors (Lipinski definition) is 5. The van der Waals surface area contributed by atoms with Gasteiger partial charge in [0.25, 0.3) is 0 Å². The number of anilines is 1. The number of rotatable bonds is 10. The van der Waals surface area contributed by atoms with E-state index in [0.717, 1.165) is 22.1 Å². The third-order valence-corrected chi connectivity index (χ3v) is 7.53. The Morgan fingerprint density at radius 1 is 1.30 bits per heavy atom. The van der Waals surface area contributed by atoms with Crippen molar-refractivity contribution in [2.24, 2.45) is 0 Å². The molecule has 3 rings (SSSR count). The van der Waals surface area contributed by atoms with Crippen molar-refractivity contribution in [1.82, 2.24) is 9.88 Å². The summed E-state index contributed by atoms with van der Waals surface area (Å²) in [6.07, 6.45) is 1.74. The summed E-state index contributed by atoms with van der Waals surface area (Å²) in [5.41, 5.74) is 1.32. The fraction of sp³-hybridized carbons (Fsp3) is 0.273. The van der Waals surface area contributed by atoms with Gasteiger partial charge in [-0.2, -0.15) is 11.6 Å². The highest BCUT2D eigenvalue weighted by atomic mass is 127. The Bertz CT molecular complexity index is 1110. The number of aromatic nitrogens is 1. The van der Waals surface area contributed by atoms with Crippen molar-refractivity contribution in [3.63, 3.8) is 0 Å². The number of benzene rings is 2. The van der Waals surface area contributed by atoms with E-state index in [4.69, 9.17) is 21.0 Å². The molecule has 2 amide bonds. The van der Waals surface area contributed by atoms with E-state index >= 15 is 0 Å². The second kappa shape index (κ2) is 12.6. The molecule has 0 saturated heterocycles. The molecule has 1 N–H and O–H groups in total. The zero-order valence-corrected chi connectivity index (χ0v) is 21.9. The fourth-order valence-electron chi connectivity index (χ4n) is 3.12. The topological polar surface area (TPSA) is 63.7 Å². The van der Waals surface area contributed by atoms with E-state index in [1.165, 1.54) is 18.2 Å². The smallest absolute Gasteiger partial charge is 0.435 e. The summed E-state index contributed by atoms with van der Waals surface area (Å²) >= 11 is 9.69. The van der Waals surface area contributed by atoms with Crippen molar-refractivity contribution in [3.8, 4) is 5.88 Å². The zero-order valence-electron chi connectivity index (χ0n) is 18.2. The maximum atomic E-state index is 13.4. The molecule has 174 valence electrons. The minimum atomic E-state index is -0.534. The maximum Gasteiger partial charge on any atom is 0.435 e. The van der Waals surface area contributed by atoms with E-state index in [9.17, 15) is 9.18 Å². The minimum Gasteiger partial charge on any atom is -0.476 e. The van der Waals surface area contributed by atoms with Crippen molar-refractivity contribution < 1.29 is 18.6 Å². The van der Waals surface area contributed by atoms with E-state index in [0.29, 0.717) is 31.3 Å². The maximum absolute atomic E-state index is 13.4. The van der Waals surface area contributed by atoms with Crippen LogP contribution < -0.4 is 10.1 Å². The Hall–Kier alpha value is -1.76. The monoisotopic (exact) mass is 601 g/mol. The van der Waals surface area contributed by atoms with Gasteiger partial charge in [0, 0.05) is 43.2 Å². The first kappa shape index (κ1) is 25.9. The molecule has 11 heteroatoms. The Morgan fingerprint density at radius 3 is 2.76 bits per heavy atom. The lowest BCUT2D eigenvalue weighted by molar-refractivity contribution is 0.212. The van der Waals surface area contributed by atoms with Crippen LogP contribution in [0.1, 0.15) is 12.5 Å². The molecule has 33 heavy (non-hydrogen) atoms. The van der Waals surface area contributed by atoms with Gasteiger partial charge in [-0.3, -0.25) is 0 Å². The van der Waals surface area contributed by atoms with Gasteiger partial charge in [-0.25, -0.2) is 14.2 Å². The molecule has 2 aromatic carbocycles. The largest absolute Gasteiger partial charge is 0.476 e. The lowest BCUT2D eigenvalue weighted by Crippen LogP contribution is -2.34. The van der Waals surface area contributed by atoms with E-state index in [1.807, 2.05) is 31.2 Å². The summed E-state index contributed by atoms with van der Waals surface area (Å²) < 4.78 is 24.6. The molecule has 0 unspecified atom stereocenters. The number of nitrogens with one attached hydrogen (secondary N) is 1. The first-order valence-corrected chi connectivity index (χ1v) is 12.9. The highest BCUT2D eigenvalue weighted by Gasteiger charge is 2.17. The molecule has 6 nitrogen and oxygen atoms in total. The Labute approximate surface area is 215 Å². The highest BCUT2D eigenvalue weighted by Crippen LogP contribution is 2.28. The standard InChI is InChI=1S/C22H23BClFIN3O3S/c1-3-29(22(30)28-16-8-9-20(25)19(24)12-16)14-15-13-27-21(18-7-5-4-6-17(15)18)32-10-11-33-23(26)31-2/h4-9,12-13H,3,10-11,14H2,1-2H3,(H,28,30). The Kier molecular flexibility index (Phi) is 9.90. The molecule has 0 aliphatic carbocycles. The minimum absolute atomic E-state index is 0.0451. The normalized spacial score (nSPS) is 10.8. The highest BCUT2D eigenvalue weighted by molar-refractivity contribution is 14.1. The quantitative estimate of drug-likeness (QED) is 0.169. The third-order valence-electron chi connectivity index (χ3n) is 4.80. The average molecular weight is 602 g/mol. The third kappa shape index (κ3) is 7.11. The summed E-state index contributed by atoms with van der Waals surface area (Å²) in [6.45, 7) is 3.22. The predicted molar refractivity (Wildman–Crippen MR) is 143 cm³/mol. The molecule has 1 heterocycles. The number of ether oxygens (including phenoxy) is 1. The van der Waals surface area contributed by atoms with Gasteiger partial charge in [-0.15, -0.1) is 0 Å². The number of nitrogens with zero attached hydrogens (tertiary/aromatic N) is 2. The lowest BCUT2D eigenvalue weighted by atomic mass is 10.1. The van der Waals surface area contributed by atoms with Crippen LogP contribution in [0.3, 0.4) is 0 Å². The van der Waals surface area contributed by atoms with Gasteiger partial charge in [0.2, 0.25) is 5.88 Å². The second-order valence-corrected chi connectivity index (χ2v) is 10.5. The second-order valence-electron chi connectivity index (χ2n) is 6.94. The number of amides is 2. The van der Waals surface area contributed by atoms with E-state index in [1.54, 1.807) is 29.8 Å². The molecule has 0 atom stereocenters. The van der Waals surface area contributed by atoms with Gasteiger partial charge >= 0.3 is 10.1 Å². The lowest BCUT2D eigenvalue weighted by Gasteiger charge is -2.22. The van der Waals surface area contributed by atoms with Crippen LogP contribution in [-0.2, 0) is 11.2 Å². The summed E-state index contributed by atoms with van der Waals surface area (Å²) in [5, 5.41) is 4.58. The van der Waals surface area contributed by atoms with Crippen molar-refractivity contribution in [3.05, 3.63) is 65.1 Å². The zero-order chi connectivity index (χ0) is 23.8. The first-order valence-electron chi connectivity index (χ1n) is 10.2. The number of fused-ring (bicyclic) bond motifs is 1. The summed E-state index contributed by atoms with van der Waals surface area (Å²) in [6, 6.07) is 11.6. The summed E-state index contributed by atoms with van der Waals surface area (Å²) in [5.74, 6) is 0.801. The summed E-state index contributed by atoms with van der Waals surface area (Å²) in [4.78, 5) is 19.0. The average Bonchev–Trinajstić information content (AvgIpc) is 2.82. The van der Waals surface area contributed by atoms with E-state index in [-0.39, 0.29) is 15.1 Å². The Morgan fingerprint density at radius 2 is 2.06 bits per heavy atom. The van der Waals surface area contributed by atoms with Crippen LogP contribution in [0.2, 0.25) is 5.02 Å². The fourth-order valence-corrected chi connectivity index (χ4v) is 4.57. The van der Waals surface area contributed by atoms with Gasteiger partial charge in [-0.05, 0) is 42.1 Å². The summed E-state index contributed by atoms with van der Waals surface area (Å²) in [7, 11) is 1.67. The SMILES string of the molecule is CCN(Cc1cnc(OCCSB(I)OC)c2ccccc12)C(=O)Nc1ccc(F)c(Cl)c1. The van der Waals surface area contributed by atoms with E-state index in [2.05, 4.69) is 32.7 Å².